The number of benzene rings is 1. The summed E-state index contributed by atoms with van der Waals surface area (Å²) in [6.07, 6.45) is 2.40. The van der Waals surface area contributed by atoms with Gasteiger partial charge in [0.15, 0.2) is 17.1 Å². The molecule has 0 aliphatic rings. The number of nitrogens with one attached hydrogen (secondary N) is 1. The average Bonchev–Trinajstić information content (AvgIpc) is 3.13. The molecule has 1 aromatic carbocycles. The Morgan fingerprint density at radius 2 is 1.86 bits per heavy atom. The van der Waals surface area contributed by atoms with Gasteiger partial charge in [-0.25, -0.2) is 9.50 Å². The molecule has 0 saturated heterocycles. The second-order valence-corrected chi connectivity index (χ2v) is 6.24. The highest BCUT2D eigenvalue weighted by atomic mass is 16.5. The Hall–Kier alpha value is -3.61. The number of hydrogen-bond donors (Lipinski definition) is 1. The van der Waals surface area contributed by atoms with E-state index in [9.17, 15) is 4.79 Å². The zero-order valence-corrected chi connectivity index (χ0v) is 15.9. The topological polar surface area (TPSA) is 81.5 Å². The van der Waals surface area contributed by atoms with Crippen LogP contribution in [0, 0.1) is 0 Å². The zero-order chi connectivity index (χ0) is 19.7. The zero-order valence-electron chi connectivity index (χ0n) is 15.9. The second kappa shape index (κ2) is 7.19. The van der Waals surface area contributed by atoms with Gasteiger partial charge in [0.2, 0.25) is 0 Å². The summed E-state index contributed by atoms with van der Waals surface area (Å²) in [7, 11) is 3.19. The maximum atomic E-state index is 12.7. The van der Waals surface area contributed by atoms with Gasteiger partial charge in [-0.2, -0.15) is 0 Å². The number of H-pyrrole nitrogens is 1. The van der Waals surface area contributed by atoms with E-state index in [2.05, 4.69) is 10.1 Å². The average molecular weight is 376 g/mol. The van der Waals surface area contributed by atoms with E-state index in [4.69, 9.17) is 14.5 Å². The summed E-state index contributed by atoms with van der Waals surface area (Å²) in [6.45, 7) is 2.03. The van der Waals surface area contributed by atoms with E-state index in [0.29, 0.717) is 35.0 Å². The summed E-state index contributed by atoms with van der Waals surface area (Å²) < 4.78 is 12.2. The lowest BCUT2D eigenvalue weighted by Gasteiger charge is -2.10. The predicted molar refractivity (Wildman–Crippen MR) is 107 cm³/mol. The number of methoxy groups -OCH3 is 2. The summed E-state index contributed by atoms with van der Waals surface area (Å²) >= 11 is 0. The van der Waals surface area contributed by atoms with Crippen LogP contribution in [0.1, 0.15) is 12.6 Å². The minimum absolute atomic E-state index is 0.188. The second-order valence-electron chi connectivity index (χ2n) is 6.24. The lowest BCUT2D eigenvalue weighted by molar-refractivity contribution is 0.355. The van der Waals surface area contributed by atoms with E-state index in [0.717, 1.165) is 16.8 Å². The Bertz CT molecular complexity index is 1200. The number of aromatic nitrogens is 4. The first-order chi connectivity index (χ1) is 13.7. The Morgan fingerprint density at radius 1 is 1.04 bits per heavy atom. The van der Waals surface area contributed by atoms with Crippen molar-refractivity contribution >= 4 is 5.65 Å². The third kappa shape index (κ3) is 2.90. The van der Waals surface area contributed by atoms with Crippen molar-refractivity contribution in [2.45, 2.75) is 13.3 Å². The number of nitrogens with zero attached hydrogens (tertiary/aromatic N) is 3. The Morgan fingerprint density at radius 3 is 2.54 bits per heavy atom. The van der Waals surface area contributed by atoms with Crippen LogP contribution >= 0.6 is 0 Å². The molecular formula is C21H20N4O3. The first-order valence-electron chi connectivity index (χ1n) is 8.94. The van der Waals surface area contributed by atoms with Crippen LogP contribution in [-0.4, -0.2) is 33.8 Å². The van der Waals surface area contributed by atoms with Crippen molar-refractivity contribution in [2.75, 3.05) is 14.2 Å². The number of rotatable bonds is 5. The van der Waals surface area contributed by atoms with Gasteiger partial charge in [-0.15, -0.1) is 0 Å². The van der Waals surface area contributed by atoms with Crippen molar-refractivity contribution in [1.82, 2.24) is 19.6 Å². The molecule has 7 nitrogen and oxygen atoms in total. The molecule has 3 aromatic heterocycles. The van der Waals surface area contributed by atoms with Gasteiger partial charge in [-0.05, 0) is 36.2 Å². The number of aryl methyl sites for hydroxylation is 1. The van der Waals surface area contributed by atoms with E-state index in [1.807, 2.05) is 43.3 Å². The van der Waals surface area contributed by atoms with E-state index < -0.39 is 0 Å². The third-order valence-corrected chi connectivity index (χ3v) is 4.64. The SMILES string of the molecule is CCc1[nH]n2c(=O)cc(-c3ccccn3)nc2c1-c1ccc(OC)c(OC)c1. The van der Waals surface area contributed by atoms with Crippen LogP contribution in [0.5, 0.6) is 11.5 Å². The first kappa shape index (κ1) is 17.8. The maximum absolute atomic E-state index is 12.7. The molecule has 142 valence electrons. The monoisotopic (exact) mass is 376 g/mol. The number of pyridine rings is 1. The van der Waals surface area contributed by atoms with Gasteiger partial charge in [-0.3, -0.25) is 14.9 Å². The molecule has 0 amide bonds. The van der Waals surface area contributed by atoms with Crippen LogP contribution in [0.2, 0.25) is 0 Å². The Labute approximate surface area is 161 Å². The third-order valence-electron chi connectivity index (χ3n) is 4.64. The van der Waals surface area contributed by atoms with Crippen molar-refractivity contribution in [2.24, 2.45) is 0 Å². The first-order valence-corrected chi connectivity index (χ1v) is 8.94. The number of ether oxygens (including phenoxy) is 2. The summed E-state index contributed by atoms with van der Waals surface area (Å²) in [5.74, 6) is 1.26. The van der Waals surface area contributed by atoms with E-state index >= 15 is 0 Å². The Kier molecular flexibility index (Phi) is 4.57. The Balaban J connectivity index is 2.00. The van der Waals surface area contributed by atoms with Gasteiger partial charge in [0.25, 0.3) is 5.56 Å². The molecule has 28 heavy (non-hydrogen) atoms. The van der Waals surface area contributed by atoms with Gasteiger partial charge in [-0.1, -0.05) is 19.1 Å². The summed E-state index contributed by atoms with van der Waals surface area (Å²) in [6, 6.07) is 12.7. The van der Waals surface area contributed by atoms with Crippen LogP contribution < -0.4 is 15.0 Å². The standard InChI is InChI=1S/C21H20N4O3/c1-4-14-20(13-8-9-17(27-2)18(11-13)28-3)21-23-16(12-19(26)25(21)24-14)15-7-5-6-10-22-15/h5-12,24H,4H2,1-3H3. The van der Waals surface area contributed by atoms with Crippen molar-refractivity contribution in [1.29, 1.82) is 0 Å². The summed E-state index contributed by atoms with van der Waals surface area (Å²) in [4.78, 5) is 21.8. The fraction of sp³-hybridized carbons (Fsp3) is 0.190. The van der Waals surface area contributed by atoms with Crippen LogP contribution in [0.15, 0.2) is 53.5 Å². The highest BCUT2D eigenvalue weighted by Crippen LogP contribution is 2.35. The van der Waals surface area contributed by atoms with Gasteiger partial charge in [0, 0.05) is 23.5 Å². The molecular weight excluding hydrogens is 356 g/mol. The lowest BCUT2D eigenvalue weighted by Crippen LogP contribution is -2.14. The minimum atomic E-state index is -0.188. The van der Waals surface area contributed by atoms with Crippen molar-refractivity contribution in [3.63, 3.8) is 0 Å². The lowest BCUT2D eigenvalue weighted by atomic mass is 10.0. The fourth-order valence-electron chi connectivity index (χ4n) is 3.28. The smallest absolute Gasteiger partial charge is 0.273 e. The predicted octanol–water partition coefficient (Wildman–Crippen LogP) is 3.33. The van der Waals surface area contributed by atoms with Gasteiger partial charge >= 0.3 is 0 Å². The number of fused-ring (bicyclic) bond motifs is 1. The molecule has 0 unspecified atom stereocenters. The van der Waals surface area contributed by atoms with Crippen molar-refractivity contribution < 1.29 is 9.47 Å². The highest BCUT2D eigenvalue weighted by Gasteiger charge is 2.18. The number of aromatic amines is 1. The van der Waals surface area contributed by atoms with Crippen LogP contribution in [0.3, 0.4) is 0 Å². The molecule has 0 spiro atoms. The molecule has 3 heterocycles. The van der Waals surface area contributed by atoms with Crippen molar-refractivity contribution in [3.8, 4) is 34.0 Å². The van der Waals surface area contributed by atoms with Gasteiger partial charge < -0.3 is 9.47 Å². The van der Waals surface area contributed by atoms with Crippen LogP contribution in [0.4, 0.5) is 0 Å². The fourth-order valence-corrected chi connectivity index (χ4v) is 3.28. The van der Waals surface area contributed by atoms with Gasteiger partial charge in [0.1, 0.15) is 0 Å². The van der Waals surface area contributed by atoms with Gasteiger partial charge in [0.05, 0.1) is 25.6 Å². The van der Waals surface area contributed by atoms with E-state index in [-0.39, 0.29) is 5.56 Å². The molecule has 0 saturated carbocycles. The molecule has 0 radical (unpaired) electrons. The molecule has 0 fully saturated rings. The maximum Gasteiger partial charge on any atom is 0.273 e. The molecule has 0 bridgehead atoms. The molecule has 7 heteroatoms. The number of hydrogen-bond acceptors (Lipinski definition) is 5. The molecule has 0 aliphatic heterocycles. The van der Waals surface area contributed by atoms with E-state index in [1.165, 1.54) is 10.6 Å². The summed E-state index contributed by atoms with van der Waals surface area (Å²) in [5.41, 5.74) is 4.21. The van der Waals surface area contributed by atoms with Crippen LogP contribution in [0.25, 0.3) is 28.2 Å². The van der Waals surface area contributed by atoms with Crippen LogP contribution in [-0.2, 0) is 6.42 Å². The highest BCUT2D eigenvalue weighted by molar-refractivity contribution is 5.82. The minimum Gasteiger partial charge on any atom is -0.493 e. The normalized spacial score (nSPS) is 11.0. The van der Waals surface area contributed by atoms with E-state index in [1.54, 1.807) is 20.4 Å². The molecule has 0 aliphatic carbocycles. The molecule has 4 aromatic rings. The summed E-state index contributed by atoms with van der Waals surface area (Å²) in [5, 5.41) is 3.17. The molecule has 0 atom stereocenters. The van der Waals surface area contributed by atoms with Crippen molar-refractivity contribution in [3.05, 3.63) is 64.7 Å². The quantitative estimate of drug-likeness (QED) is 0.578. The molecule has 4 rings (SSSR count). The largest absolute Gasteiger partial charge is 0.493 e. The molecule has 1 N–H and O–H groups in total.